The third-order valence-corrected chi connectivity index (χ3v) is 4.52. The van der Waals surface area contributed by atoms with Crippen molar-refractivity contribution < 1.29 is 9.84 Å². The molecule has 0 atom stereocenters. The van der Waals surface area contributed by atoms with Crippen LogP contribution in [0.25, 0.3) is 0 Å². The Morgan fingerprint density at radius 2 is 2.19 bits per heavy atom. The van der Waals surface area contributed by atoms with Gasteiger partial charge in [0, 0.05) is 31.6 Å². The van der Waals surface area contributed by atoms with E-state index in [1.54, 1.807) is 24.5 Å². The number of aromatic nitrogens is 1. The van der Waals surface area contributed by atoms with Crippen LogP contribution in [0.4, 0.5) is 0 Å². The van der Waals surface area contributed by atoms with Crippen molar-refractivity contribution in [2.45, 2.75) is 26.8 Å². The molecule has 144 valence electrons. The number of methoxy groups -OCH3 is 1. The van der Waals surface area contributed by atoms with Crippen LogP contribution in [0.5, 0.6) is 11.5 Å². The van der Waals surface area contributed by atoms with Crippen LogP contribution in [0.3, 0.4) is 0 Å². The van der Waals surface area contributed by atoms with Crippen LogP contribution >= 0.6 is 35.3 Å². The number of phenols is 1. The summed E-state index contributed by atoms with van der Waals surface area (Å²) >= 11 is 1.66. The summed E-state index contributed by atoms with van der Waals surface area (Å²) in [5.74, 6) is 1.73. The summed E-state index contributed by atoms with van der Waals surface area (Å²) in [6.45, 7) is 6.15. The maximum atomic E-state index is 10.0. The number of ether oxygens (including phenoxy) is 1. The number of aliphatic imine (C=N–C) groups is 1. The predicted molar refractivity (Wildman–Crippen MR) is 118 cm³/mol. The van der Waals surface area contributed by atoms with E-state index in [2.05, 4.69) is 25.6 Å². The Kier molecular flexibility index (Phi) is 9.71. The average Bonchev–Trinajstić information content (AvgIpc) is 3.00. The summed E-state index contributed by atoms with van der Waals surface area (Å²) < 4.78 is 5.11. The van der Waals surface area contributed by atoms with Gasteiger partial charge in [-0.15, -0.1) is 35.3 Å². The minimum Gasteiger partial charge on any atom is -0.508 e. The molecule has 0 bridgehead atoms. The molecule has 2 aromatic rings. The molecule has 2 rings (SSSR count). The number of rotatable bonds is 7. The Balaban J connectivity index is 0.00000338. The summed E-state index contributed by atoms with van der Waals surface area (Å²) in [7, 11) is 3.59. The third kappa shape index (κ3) is 6.64. The van der Waals surface area contributed by atoms with E-state index in [1.807, 2.05) is 33.0 Å². The fourth-order valence-corrected chi connectivity index (χ4v) is 3.04. The Labute approximate surface area is 176 Å². The molecule has 1 heterocycles. The van der Waals surface area contributed by atoms with Gasteiger partial charge in [-0.25, -0.2) is 4.98 Å². The van der Waals surface area contributed by atoms with E-state index in [0.717, 1.165) is 28.8 Å². The van der Waals surface area contributed by atoms with E-state index in [4.69, 9.17) is 4.74 Å². The maximum Gasteiger partial charge on any atom is 0.194 e. The largest absolute Gasteiger partial charge is 0.508 e. The smallest absolute Gasteiger partial charge is 0.194 e. The van der Waals surface area contributed by atoms with Crippen LogP contribution in [-0.4, -0.2) is 48.2 Å². The van der Waals surface area contributed by atoms with Crippen molar-refractivity contribution >= 4 is 41.3 Å². The molecular weight excluding hydrogens is 463 g/mol. The van der Waals surface area contributed by atoms with Crippen LogP contribution in [0.1, 0.15) is 23.2 Å². The van der Waals surface area contributed by atoms with Crippen molar-refractivity contribution in [2.24, 2.45) is 4.99 Å². The van der Waals surface area contributed by atoms with E-state index in [1.165, 1.54) is 0 Å². The van der Waals surface area contributed by atoms with Crippen molar-refractivity contribution in [1.82, 2.24) is 15.2 Å². The first-order valence-electron chi connectivity index (χ1n) is 8.29. The second-order valence-electron chi connectivity index (χ2n) is 5.69. The number of aryl methyl sites for hydroxylation is 1. The van der Waals surface area contributed by atoms with Gasteiger partial charge in [-0.3, -0.25) is 4.99 Å². The molecule has 2 N–H and O–H groups in total. The quantitative estimate of drug-likeness (QED) is 0.354. The highest BCUT2D eigenvalue weighted by Crippen LogP contribution is 2.23. The molecule has 0 radical (unpaired) electrons. The van der Waals surface area contributed by atoms with Gasteiger partial charge in [-0.1, -0.05) is 6.07 Å². The second kappa shape index (κ2) is 11.2. The second-order valence-corrected chi connectivity index (χ2v) is 6.76. The normalized spacial score (nSPS) is 11.0. The molecule has 0 aliphatic heterocycles. The molecule has 1 aromatic heterocycles. The van der Waals surface area contributed by atoms with Crippen LogP contribution in [0.15, 0.2) is 28.6 Å². The van der Waals surface area contributed by atoms with Gasteiger partial charge in [0.25, 0.3) is 0 Å². The van der Waals surface area contributed by atoms with E-state index in [-0.39, 0.29) is 29.7 Å². The Morgan fingerprint density at radius 1 is 1.42 bits per heavy atom. The van der Waals surface area contributed by atoms with Gasteiger partial charge >= 0.3 is 0 Å². The number of hydrogen-bond acceptors (Lipinski definition) is 5. The first-order valence-corrected chi connectivity index (χ1v) is 9.17. The molecule has 0 amide bonds. The molecule has 1 aromatic carbocycles. The molecule has 0 aliphatic rings. The third-order valence-electron chi connectivity index (χ3n) is 3.70. The maximum absolute atomic E-state index is 10.0. The molecule has 8 heteroatoms. The van der Waals surface area contributed by atoms with Crippen LogP contribution < -0.4 is 10.1 Å². The number of guanidine groups is 1. The fraction of sp³-hybridized carbons (Fsp3) is 0.444. The Bertz CT molecular complexity index is 721. The number of thiazole rings is 1. The van der Waals surface area contributed by atoms with Gasteiger partial charge in [0.1, 0.15) is 11.5 Å². The van der Waals surface area contributed by atoms with Crippen molar-refractivity contribution in [2.75, 3.05) is 27.2 Å². The van der Waals surface area contributed by atoms with Crippen LogP contribution in [0, 0.1) is 6.92 Å². The molecule has 0 fully saturated rings. The lowest BCUT2D eigenvalue weighted by atomic mass is 10.1. The minimum atomic E-state index is 0. The predicted octanol–water partition coefficient (Wildman–Crippen LogP) is 3.42. The van der Waals surface area contributed by atoms with Gasteiger partial charge in [0.05, 0.1) is 24.4 Å². The van der Waals surface area contributed by atoms with Gasteiger partial charge in [0.2, 0.25) is 0 Å². The highest BCUT2D eigenvalue weighted by Gasteiger charge is 2.09. The number of aromatic hydroxyl groups is 1. The van der Waals surface area contributed by atoms with E-state index in [0.29, 0.717) is 25.3 Å². The summed E-state index contributed by atoms with van der Waals surface area (Å²) in [6.07, 6.45) is 0.661. The fourth-order valence-electron chi connectivity index (χ4n) is 2.43. The van der Waals surface area contributed by atoms with Crippen molar-refractivity contribution in [1.29, 1.82) is 0 Å². The van der Waals surface area contributed by atoms with E-state index < -0.39 is 0 Å². The number of nitrogens with zero attached hydrogens (tertiary/aromatic N) is 3. The average molecular weight is 490 g/mol. The van der Waals surface area contributed by atoms with Crippen LogP contribution in [-0.2, 0) is 13.0 Å². The number of benzene rings is 1. The summed E-state index contributed by atoms with van der Waals surface area (Å²) in [6, 6.07) is 5.35. The first-order chi connectivity index (χ1) is 12.0. The topological polar surface area (TPSA) is 70.0 Å². The lowest BCUT2D eigenvalue weighted by Crippen LogP contribution is -2.38. The molecule has 0 unspecified atom stereocenters. The van der Waals surface area contributed by atoms with Crippen LogP contribution in [0.2, 0.25) is 0 Å². The molecule has 6 nitrogen and oxygen atoms in total. The molecule has 0 saturated carbocycles. The number of hydrogen-bond donors (Lipinski definition) is 2. The Morgan fingerprint density at radius 3 is 2.77 bits per heavy atom. The first kappa shape index (κ1) is 22.5. The number of phenolic OH excluding ortho intramolecular Hbond substituents is 1. The lowest BCUT2D eigenvalue weighted by Gasteiger charge is -2.21. The molecule has 26 heavy (non-hydrogen) atoms. The highest BCUT2D eigenvalue weighted by molar-refractivity contribution is 14.0. The van der Waals surface area contributed by atoms with Crippen molar-refractivity contribution in [3.63, 3.8) is 0 Å². The molecular formula is C18H27IN4O2S. The number of halogens is 1. The Hall–Kier alpha value is -1.55. The van der Waals surface area contributed by atoms with Gasteiger partial charge in [0.15, 0.2) is 5.96 Å². The highest BCUT2D eigenvalue weighted by atomic mass is 127. The monoisotopic (exact) mass is 490 g/mol. The van der Waals surface area contributed by atoms with Crippen molar-refractivity contribution in [3.8, 4) is 11.5 Å². The summed E-state index contributed by atoms with van der Waals surface area (Å²) in [5.41, 5.74) is 1.90. The van der Waals surface area contributed by atoms with Gasteiger partial charge in [-0.05, 0) is 31.9 Å². The van der Waals surface area contributed by atoms with E-state index >= 15 is 0 Å². The zero-order chi connectivity index (χ0) is 18.2. The lowest BCUT2D eigenvalue weighted by molar-refractivity contribution is 0.406. The summed E-state index contributed by atoms with van der Waals surface area (Å²) in [5, 5.41) is 16.5. The van der Waals surface area contributed by atoms with Gasteiger partial charge in [-0.2, -0.15) is 0 Å². The molecule has 0 saturated heterocycles. The van der Waals surface area contributed by atoms with Gasteiger partial charge < -0.3 is 20.1 Å². The molecule has 0 spiro atoms. The SMILES string of the molecule is CCNC(=NCCc1ccc(OC)cc1O)N(C)Cc1csc(C)n1.I. The summed E-state index contributed by atoms with van der Waals surface area (Å²) in [4.78, 5) is 11.2. The zero-order valence-corrected chi connectivity index (χ0v) is 18.8. The zero-order valence-electron chi connectivity index (χ0n) is 15.7. The van der Waals surface area contributed by atoms with Crippen molar-refractivity contribution in [3.05, 3.63) is 39.8 Å². The van der Waals surface area contributed by atoms with E-state index in [9.17, 15) is 5.11 Å². The minimum absolute atomic E-state index is 0. The number of nitrogens with one attached hydrogen (secondary N) is 1. The molecule has 0 aliphatic carbocycles. The standard InChI is InChI=1S/C18H26N4O2S.HI/c1-5-19-18(22(3)11-15-12-25-13(2)21-15)20-9-8-14-6-7-16(24-4)10-17(14)23;/h6-7,10,12,23H,5,8-9,11H2,1-4H3,(H,19,20);1H.